The predicted molar refractivity (Wildman–Crippen MR) is 105 cm³/mol. The van der Waals surface area contributed by atoms with Crippen LogP contribution in [0.5, 0.6) is 0 Å². The van der Waals surface area contributed by atoms with Crippen LogP contribution in [0.3, 0.4) is 0 Å². The van der Waals surface area contributed by atoms with E-state index in [2.05, 4.69) is 32.5 Å². The molecule has 1 aliphatic heterocycles. The Bertz CT molecular complexity index is 913. The van der Waals surface area contributed by atoms with Crippen molar-refractivity contribution in [2.75, 3.05) is 13.1 Å². The summed E-state index contributed by atoms with van der Waals surface area (Å²) in [6, 6.07) is 18.7. The van der Waals surface area contributed by atoms with E-state index in [1.807, 2.05) is 24.3 Å². The lowest BCUT2D eigenvalue weighted by Crippen LogP contribution is -2.40. The summed E-state index contributed by atoms with van der Waals surface area (Å²) >= 11 is 0. The van der Waals surface area contributed by atoms with Crippen molar-refractivity contribution in [2.24, 2.45) is 0 Å². The number of amides is 1. The second-order valence-corrected chi connectivity index (χ2v) is 7.27. The maximum atomic E-state index is 13.8. The van der Waals surface area contributed by atoms with Crippen molar-refractivity contribution < 1.29 is 9.18 Å². The van der Waals surface area contributed by atoms with Crippen molar-refractivity contribution in [3.05, 3.63) is 89.5 Å². The fourth-order valence-electron chi connectivity index (χ4n) is 3.89. The molecule has 2 N–H and O–H groups in total. The quantitative estimate of drug-likeness (QED) is 0.693. The van der Waals surface area contributed by atoms with Gasteiger partial charge in [0.25, 0.3) is 0 Å². The highest BCUT2D eigenvalue weighted by Crippen LogP contribution is 2.29. The van der Waals surface area contributed by atoms with Crippen LogP contribution in [0.1, 0.15) is 22.7 Å². The SMILES string of the molecule is O=C(Cc1ccn[nH]1)N[C@@H]1CN(Cc2ccccc2)C[C@H]1c1cccc(F)c1. The molecule has 144 valence electrons. The Morgan fingerprint density at radius 2 is 2.00 bits per heavy atom. The molecule has 28 heavy (non-hydrogen) atoms. The first kappa shape index (κ1) is 18.4. The van der Waals surface area contributed by atoms with Gasteiger partial charge in [0.2, 0.25) is 5.91 Å². The zero-order chi connectivity index (χ0) is 19.3. The van der Waals surface area contributed by atoms with Gasteiger partial charge in [-0.15, -0.1) is 0 Å². The number of H-pyrrole nitrogens is 1. The number of rotatable bonds is 6. The molecule has 2 aromatic carbocycles. The number of hydrogen-bond acceptors (Lipinski definition) is 3. The molecule has 0 bridgehead atoms. The van der Waals surface area contributed by atoms with Crippen molar-refractivity contribution in [3.8, 4) is 0 Å². The molecule has 1 saturated heterocycles. The van der Waals surface area contributed by atoms with Gasteiger partial charge >= 0.3 is 0 Å². The van der Waals surface area contributed by atoms with Crippen molar-refractivity contribution in [1.82, 2.24) is 20.4 Å². The fourth-order valence-corrected chi connectivity index (χ4v) is 3.89. The third kappa shape index (κ3) is 4.46. The van der Waals surface area contributed by atoms with Gasteiger partial charge in [-0.1, -0.05) is 42.5 Å². The molecule has 0 radical (unpaired) electrons. The van der Waals surface area contributed by atoms with E-state index < -0.39 is 0 Å². The van der Waals surface area contributed by atoms with Crippen molar-refractivity contribution >= 4 is 5.91 Å². The molecule has 0 spiro atoms. The second-order valence-electron chi connectivity index (χ2n) is 7.27. The number of aromatic amines is 1. The van der Waals surface area contributed by atoms with E-state index in [0.717, 1.165) is 30.9 Å². The first-order chi connectivity index (χ1) is 13.7. The largest absolute Gasteiger partial charge is 0.351 e. The van der Waals surface area contributed by atoms with Crippen LogP contribution in [0.4, 0.5) is 4.39 Å². The summed E-state index contributed by atoms with van der Waals surface area (Å²) in [6.45, 7) is 2.30. The van der Waals surface area contributed by atoms with Crippen LogP contribution < -0.4 is 5.32 Å². The van der Waals surface area contributed by atoms with Gasteiger partial charge in [0.1, 0.15) is 5.82 Å². The van der Waals surface area contributed by atoms with E-state index in [9.17, 15) is 9.18 Å². The standard InChI is InChI=1S/C22H23FN4O/c23-18-8-4-7-17(11-18)20-14-27(13-16-5-2-1-3-6-16)15-21(20)25-22(28)12-19-9-10-24-26-19/h1-11,20-21H,12-15H2,(H,24,26)(H,25,28)/t20-,21+/m0/s1. The number of nitrogens with one attached hydrogen (secondary N) is 2. The minimum atomic E-state index is -0.249. The van der Waals surface area contributed by atoms with Crippen LogP contribution in [-0.4, -0.2) is 40.1 Å². The van der Waals surface area contributed by atoms with Gasteiger partial charge in [-0.25, -0.2) is 4.39 Å². The predicted octanol–water partition coefficient (Wildman–Crippen LogP) is 2.88. The zero-order valence-electron chi connectivity index (χ0n) is 15.5. The number of nitrogens with zero attached hydrogens (tertiary/aromatic N) is 2. The van der Waals surface area contributed by atoms with E-state index in [1.54, 1.807) is 24.4 Å². The van der Waals surface area contributed by atoms with E-state index in [-0.39, 0.29) is 30.1 Å². The normalized spacial score (nSPS) is 19.6. The van der Waals surface area contributed by atoms with Crippen LogP contribution in [-0.2, 0) is 17.8 Å². The van der Waals surface area contributed by atoms with E-state index in [4.69, 9.17) is 0 Å². The average molecular weight is 378 g/mol. The summed E-state index contributed by atoms with van der Waals surface area (Å²) in [7, 11) is 0. The smallest absolute Gasteiger partial charge is 0.226 e. The molecule has 3 aromatic rings. The highest BCUT2D eigenvalue weighted by Gasteiger charge is 2.35. The van der Waals surface area contributed by atoms with Crippen LogP contribution in [0, 0.1) is 5.82 Å². The number of carbonyl (C=O) groups excluding carboxylic acids is 1. The van der Waals surface area contributed by atoms with Crippen LogP contribution in [0.2, 0.25) is 0 Å². The summed E-state index contributed by atoms with van der Waals surface area (Å²) in [4.78, 5) is 14.8. The third-order valence-corrected chi connectivity index (χ3v) is 5.18. The summed E-state index contributed by atoms with van der Waals surface area (Å²) in [5, 5.41) is 9.85. The van der Waals surface area contributed by atoms with Gasteiger partial charge in [0.15, 0.2) is 0 Å². The van der Waals surface area contributed by atoms with E-state index >= 15 is 0 Å². The van der Waals surface area contributed by atoms with E-state index in [0.29, 0.717) is 0 Å². The molecule has 2 atom stereocenters. The second kappa shape index (κ2) is 8.35. The van der Waals surface area contributed by atoms with Gasteiger partial charge in [0.05, 0.1) is 6.42 Å². The molecule has 1 aromatic heterocycles. The molecule has 0 aliphatic carbocycles. The van der Waals surface area contributed by atoms with Gasteiger partial charge in [0, 0.05) is 43.5 Å². The first-order valence-electron chi connectivity index (χ1n) is 9.47. The Balaban J connectivity index is 1.49. The Morgan fingerprint density at radius 1 is 1.14 bits per heavy atom. The molecule has 0 saturated carbocycles. The average Bonchev–Trinajstić information content (AvgIpc) is 3.32. The van der Waals surface area contributed by atoms with Gasteiger partial charge < -0.3 is 5.32 Å². The van der Waals surface area contributed by atoms with Gasteiger partial charge in [-0.2, -0.15) is 5.10 Å². The molecular weight excluding hydrogens is 355 g/mol. The molecule has 1 aliphatic rings. The number of aromatic nitrogens is 2. The lowest BCUT2D eigenvalue weighted by molar-refractivity contribution is -0.121. The number of benzene rings is 2. The fraction of sp³-hybridized carbons (Fsp3) is 0.273. The van der Waals surface area contributed by atoms with Crippen LogP contribution >= 0.6 is 0 Å². The highest BCUT2D eigenvalue weighted by atomic mass is 19.1. The summed E-state index contributed by atoms with van der Waals surface area (Å²) < 4.78 is 13.8. The monoisotopic (exact) mass is 378 g/mol. The Morgan fingerprint density at radius 3 is 2.75 bits per heavy atom. The van der Waals surface area contributed by atoms with Crippen molar-refractivity contribution in [2.45, 2.75) is 24.9 Å². The number of hydrogen-bond donors (Lipinski definition) is 2. The molecule has 6 heteroatoms. The highest BCUT2D eigenvalue weighted by molar-refractivity contribution is 5.78. The molecule has 0 unspecified atom stereocenters. The Kier molecular flexibility index (Phi) is 5.48. The van der Waals surface area contributed by atoms with Crippen molar-refractivity contribution in [1.29, 1.82) is 0 Å². The molecule has 2 heterocycles. The summed E-state index contributed by atoms with van der Waals surface area (Å²) in [5.74, 6) is -0.260. The number of likely N-dealkylation sites (tertiary alicyclic amines) is 1. The lowest BCUT2D eigenvalue weighted by atomic mass is 9.94. The summed E-state index contributed by atoms with van der Waals surface area (Å²) in [6.07, 6.45) is 1.89. The molecule has 1 amide bonds. The third-order valence-electron chi connectivity index (χ3n) is 5.18. The summed E-state index contributed by atoms with van der Waals surface area (Å²) in [5.41, 5.74) is 2.92. The van der Waals surface area contributed by atoms with Gasteiger partial charge in [-0.3, -0.25) is 14.8 Å². The minimum absolute atomic E-state index is 0.0464. The molecule has 4 rings (SSSR count). The molecular formula is C22H23FN4O. The van der Waals surface area contributed by atoms with Crippen LogP contribution in [0.25, 0.3) is 0 Å². The maximum absolute atomic E-state index is 13.8. The Hall–Kier alpha value is -2.99. The maximum Gasteiger partial charge on any atom is 0.226 e. The Labute approximate surface area is 163 Å². The molecule has 1 fully saturated rings. The molecule has 5 nitrogen and oxygen atoms in total. The van der Waals surface area contributed by atoms with Crippen LogP contribution in [0.15, 0.2) is 66.9 Å². The minimum Gasteiger partial charge on any atom is -0.351 e. The van der Waals surface area contributed by atoms with E-state index in [1.165, 1.54) is 11.6 Å². The zero-order valence-corrected chi connectivity index (χ0v) is 15.5. The van der Waals surface area contributed by atoms with Crippen molar-refractivity contribution in [3.63, 3.8) is 0 Å². The number of halogens is 1. The van der Waals surface area contributed by atoms with Gasteiger partial charge in [-0.05, 0) is 29.3 Å². The lowest BCUT2D eigenvalue weighted by Gasteiger charge is -2.20. The number of carbonyl (C=O) groups is 1. The first-order valence-corrected chi connectivity index (χ1v) is 9.47. The topological polar surface area (TPSA) is 61.0 Å².